The van der Waals surface area contributed by atoms with Crippen LogP contribution in [-0.2, 0) is 24.3 Å². The van der Waals surface area contributed by atoms with E-state index in [0.717, 1.165) is 29.1 Å². The number of hydrogen-bond acceptors (Lipinski definition) is 7. The zero-order chi connectivity index (χ0) is 27.1. The van der Waals surface area contributed by atoms with Gasteiger partial charge in [-0.3, -0.25) is 14.5 Å². The zero-order valence-electron chi connectivity index (χ0n) is 21.7. The maximum atomic E-state index is 13.5. The van der Waals surface area contributed by atoms with Crippen LogP contribution < -0.4 is 15.2 Å². The summed E-state index contributed by atoms with van der Waals surface area (Å²) in [6.07, 6.45) is 1.92. The summed E-state index contributed by atoms with van der Waals surface area (Å²) in [4.78, 5) is 33.0. The molecule has 202 valence electrons. The van der Waals surface area contributed by atoms with Crippen molar-refractivity contribution in [2.24, 2.45) is 11.7 Å². The number of halogens is 1. The van der Waals surface area contributed by atoms with Gasteiger partial charge in [-0.1, -0.05) is 18.2 Å². The van der Waals surface area contributed by atoms with Gasteiger partial charge in [0, 0.05) is 37.5 Å². The number of nitrogens with zero attached hydrogens (tertiary/aromatic N) is 3. The average Bonchev–Trinajstić information content (AvgIpc) is 3.40. The number of rotatable bonds is 11. The standard InChI is InChI=1S/C28H33FN4O4S/c1-36-24-8-5-19(15-25(24)37-2)9-12-32(16-20-3-6-22(29)7-4-20)17-26-31-23(18-38-26)28(35)33-13-10-21(11-14-33)27(30)34/h3-8,15,18,21H,9-14,16-17H2,1-2H3,(H2,30,34). The normalized spacial score (nSPS) is 14.1. The van der Waals surface area contributed by atoms with Gasteiger partial charge in [-0.15, -0.1) is 11.3 Å². The van der Waals surface area contributed by atoms with Gasteiger partial charge in [0.05, 0.1) is 20.8 Å². The quantitative estimate of drug-likeness (QED) is 0.396. The first kappa shape index (κ1) is 27.5. The van der Waals surface area contributed by atoms with Crippen LogP contribution in [0.15, 0.2) is 47.8 Å². The molecule has 1 aliphatic heterocycles. The fraction of sp³-hybridized carbons (Fsp3) is 0.393. The van der Waals surface area contributed by atoms with Crippen molar-refractivity contribution in [3.8, 4) is 11.5 Å². The highest BCUT2D eigenvalue weighted by Gasteiger charge is 2.27. The van der Waals surface area contributed by atoms with E-state index in [0.29, 0.717) is 56.2 Å². The van der Waals surface area contributed by atoms with Gasteiger partial charge >= 0.3 is 0 Å². The van der Waals surface area contributed by atoms with E-state index in [2.05, 4.69) is 9.88 Å². The van der Waals surface area contributed by atoms with Crippen LogP contribution in [0.3, 0.4) is 0 Å². The predicted octanol–water partition coefficient (Wildman–Crippen LogP) is 3.88. The second kappa shape index (κ2) is 12.8. The van der Waals surface area contributed by atoms with Crippen LogP contribution in [0.1, 0.15) is 39.5 Å². The molecule has 2 N–H and O–H groups in total. The van der Waals surface area contributed by atoms with Crippen molar-refractivity contribution in [3.63, 3.8) is 0 Å². The molecule has 8 nitrogen and oxygen atoms in total. The molecule has 0 bridgehead atoms. The molecular formula is C28H33FN4O4S. The first-order chi connectivity index (χ1) is 18.4. The van der Waals surface area contributed by atoms with Gasteiger partial charge in [0.1, 0.15) is 16.5 Å². The maximum absolute atomic E-state index is 13.5. The number of amides is 2. The summed E-state index contributed by atoms with van der Waals surface area (Å²) in [7, 11) is 3.22. The number of likely N-dealkylation sites (tertiary alicyclic amines) is 1. The first-order valence-corrected chi connectivity index (χ1v) is 13.4. The molecule has 1 fully saturated rings. The van der Waals surface area contributed by atoms with Crippen molar-refractivity contribution in [3.05, 3.63) is 75.5 Å². The molecule has 0 atom stereocenters. The van der Waals surface area contributed by atoms with Gasteiger partial charge < -0.3 is 20.1 Å². The number of methoxy groups -OCH3 is 2. The van der Waals surface area contributed by atoms with Gasteiger partial charge in [0.2, 0.25) is 5.91 Å². The van der Waals surface area contributed by atoms with E-state index < -0.39 is 0 Å². The molecule has 38 heavy (non-hydrogen) atoms. The number of primary amides is 1. The molecule has 2 amide bonds. The Kier molecular flexibility index (Phi) is 9.30. The summed E-state index contributed by atoms with van der Waals surface area (Å²) >= 11 is 1.45. The van der Waals surface area contributed by atoms with E-state index in [1.165, 1.54) is 23.5 Å². The highest BCUT2D eigenvalue weighted by atomic mass is 32.1. The highest BCUT2D eigenvalue weighted by molar-refractivity contribution is 7.09. The summed E-state index contributed by atoms with van der Waals surface area (Å²) in [5, 5.41) is 2.62. The van der Waals surface area contributed by atoms with Crippen LogP contribution in [0, 0.1) is 11.7 Å². The van der Waals surface area contributed by atoms with Crippen LogP contribution in [0.2, 0.25) is 0 Å². The molecule has 1 aromatic heterocycles. The summed E-state index contributed by atoms with van der Waals surface area (Å²) in [6, 6.07) is 12.4. The number of ether oxygens (including phenoxy) is 2. The second-order valence-electron chi connectivity index (χ2n) is 9.37. The number of nitrogens with two attached hydrogens (primary N) is 1. The van der Waals surface area contributed by atoms with Gasteiger partial charge in [-0.25, -0.2) is 9.37 Å². The fourth-order valence-corrected chi connectivity index (χ4v) is 5.40. The molecule has 0 saturated carbocycles. The third-order valence-corrected chi connectivity index (χ3v) is 7.63. The van der Waals surface area contributed by atoms with Gasteiger partial charge in [0.25, 0.3) is 5.91 Å². The number of piperidine rings is 1. The number of thiazole rings is 1. The Morgan fingerprint density at radius 2 is 1.74 bits per heavy atom. The lowest BCUT2D eigenvalue weighted by atomic mass is 9.96. The minimum atomic E-state index is -0.303. The third-order valence-electron chi connectivity index (χ3n) is 6.80. The monoisotopic (exact) mass is 540 g/mol. The predicted molar refractivity (Wildman–Crippen MR) is 144 cm³/mol. The van der Waals surface area contributed by atoms with E-state index in [-0.39, 0.29) is 23.5 Å². The average molecular weight is 541 g/mol. The minimum Gasteiger partial charge on any atom is -0.493 e. The van der Waals surface area contributed by atoms with Crippen molar-refractivity contribution >= 4 is 23.2 Å². The lowest BCUT2D eigenvalue weighted by molar-refractivity contribution is -0.123. The van der Waals surface area contributed by atoms with Gasteiger partial charge in [-0.2, -0.15) is 0 Å². The fourth-order valence-electron chi connectivity index (χ4n) is 4.59. The molecule has 2 heterocycles. The van der Waals surface area contributed by atoms with Crippen molar-refractivity contribution in [2.45, 2.75) is 32.4 Å². The van der Waals surface area contributed by atoms with E-state index >= 15 is 0 Å². The molecule has 0 aliphatic carbocycles. The van der Waals surface area contributed by atoms with Crippen LogP contribution in [0.25, 0.3) is 0 Å². The van der Waals surface area contributed by atoms with E-state index in [1.54, 1.807) is 36.6 Å². The molecule has 1 aliphatic rings. The van der Waals surface area contributed by atoms with Crippen molar-refractivity contribution in [2.75, 3.05) is 33.9 Å². The lowest BCUT2D eigenvalue weighted by Gasteiger charge is -2.30. The Bertz CT molecular complexity index is 1240. The molecule has 0 spiro atoms. The van der Waals surface area contributed by atoms with Crippen LogP contribution >= 0.6 is 11.3 Å². The molecule has 3 aromatic rings. The molecule has 2 aromatic carbocycles. The molecule has 0 unspecified atom stereocenters. The molecule has 1 saturated heterocycles. The van der Waals surface area contributed by atoms with Crippen LogP contribution in [0.4, 0.5) is 4.39 Å². The minimum absolute atomic E-state index is 0.120. The summed E-state index contributed by atoms with van der Waals surface area (Å²) in [5.74, 6) is 0.494. The zero-order valence-corrected chi connectivity index (χ0v) is 22.5. The Morgan fingerprint density at radius 3 is 2.39 bits per heavy atom. The number of carbonyl (C=O) groups is 2. The van der Waals surface area contributed by atoms with Gasteiger partial charge in [-0.05, 0) is 54.7 Å². The molecule has 4 rings (SSSR count). The van der Waals surface area contributed by atoms with Crippen molar-refractivity contribution < 1.29 is 23.5 Å². The number of aromatic nitrogens is 1. The lowest BCUT2D eigenvalue weighted by Crippen LogP contribution is -2.41. The van der Waals surface area contributed by atoms with E-state index in [4.69, 9.17) is 15.2 Å². The summed E-state index contributed by atoms with van der Waals surface area (Å²) < 4.78 is 24.2. The van der Waals surface area contributed by atoms with Crippen LogP contribution in [-0.4, -0.2) is 60.5 Å². The van der Waals surface area contributed by atoms with E-state index in [1.807, 2.05) is 18.2 Å². The third kappa shape index (κ3) is 7.08. The SMILES string of the molecule is COc1ccc(CCN(Cc2ccc(F)cc2)Cc2nc(C(=O)N3CCC(C(N)=O)CC3)cs2)cc1OC. The highest BCUT2D eigenvalue weighted by Crippen LogP contribution is 2.28. The Balaban J connectivity index is 1.43. The molecule has 0 radical (unpaired) electrons. The van der Waals surface area contributed by atoms with Crippen molar-refractivity contribution in [1.29, 1.82) is 0 Å². The summed E-state index contributed by atoms with van der Waals surface area (Å²) in [5.41, 5.74) is 7.92. The second-order valence-corrected chi connectivity index (χ2v) is 10.3. The number of benzene rings is 2. The molecular weight excluding hydrogens is 507 g/mol. The summed E-state index contributed by atoms with van der Waals surface area (Å²) in [6.45, 7) is 2.88. The Labute approximate surface area is 226 Å². The topological polar surface area (TPSA) is 98.0 Å². The maximum Gasteiger partial charge on any atom is 0.273 e. The number of carbonyl (C=O) groups excluding carboxylic acids is 2. The Morgan fingerprint density at radius 1 is 1.05 bits per heavy atom. The van der Waals surface area contributed by atoms with Crippen LogP contribution in [0.5, 0.6) is 11.5 Å². The largest absolute Gasteiger partial charge is 0.493 e. The first-order valence-electron chi connectivity index (χ1n) is 12.6. The smallest absolute Gasteiger partial charge is 0.273 e. The van der Waals surface area contributed by atoms with Crippen molar-refractivity contribution in [1.82, 2.24) is 14.8 Å². The van der Waals surface area contributed by atoms with E-state index in [9.17, 15) is 14.0 Å². The van der Waals surface area contributed by atoms with Gasteiger partial charge in [0.15, 0.2) is 11.5 Å². The molecule has 10 heteroatoms. The number of hydrogen-bond donors (Lipinski definition) is 1. The Hall–Kier alpha value is -3.50.